The highest BCUT2D eigenvalue weighted by molar-refractivity contribution is 6.54. The molecule has 0 unspecified atom stereocenters. The van der Waals surface area contributed by atoms with Gasteiger partial charge in [0.25, 0.3) is 11.5 Å². The Kier molecular flexibility index (Phi) is 4.22. The number of halogens is 1. The van der Waals surface area contributed by atoms with E-state index in [2.05, 4.69) is 4.99 Å². The Labute approximate surface area is 161 Å². The second kappa shape index (κ2) is 6.60. The van der Waals surface area contributed by atoms with E-state index in [-0.39, 0.29) is 22.9 Å². The average molecular weight is 378 g/mol. The zero-order chi connectivity index (χ0) is 20.0. The molecule has 1 amide bonds. The van der Waals surface area contributed by atoms with Crippen LogP contribution in [0.5, 0.6) is 0 Å². The van der Waals surface area contributed by atoms with E-state index in [0.29, 0.717) is 29.2 Å². The number of benzene rings is 2. The second-order valence-corrected chi connectivity index (χ2v) is 6.58. The molecule has 0 spiro atoms. The molecule has 1 aromatic heterocycles. The molecule has 4 rings (SSSR count). The minimum absolute atomic E-state index is 0.0855. The second-order valence-electron chi connectivity index (χ2n) is 6.58. The van der Waals surface area contributed by atoms with E-state index in [4.69, 9.17) is 0 Å². The topological polar surface area (TPSA) is 59.6 Å². The van der Waals surface area contributed by atoms with Gasteiger partial charge in [-0.05, 0) is 44.2 Å². The number of carbonyl (C=O) groups is 1. The summed E-state index contributed by atoms with van der Waals surface area (Å²) < 4.78 is 17.0. The van der Waals surface area contributed by atoms with Gasteiger partial charge in [0.2, 0.25) is 0 Å². The maximum absolute atomic E-state index is 13.8. The summed E-state index contributed by atoms with van der Waals surface area (Å²) in [6.07, 6.45) is 0. The molecule has 0 N–H and O–H groups in total. The molecule has 0 atom stereocenters. The first-order valence-electron chi connectivity index (χ1n) is 8.98. The van der Waals surface area contributed by atoms with E-state index in [1.54, 1.807) is 24.7 Å². The van der Waals surface area contributed by atoms with Gasteiger partial charge in [-0.3, -0.25) is 14.3 Å². The summed E-state index contributed by atoms with van der Waals surface area (Å²) >= 11 is 0. The zero-order valence-electron chi connectivity index (χ0n) is 15.8. The third kappa shape index (κ3) is 2.58. The lowest BCUT2D eigenvalue weighted by atomic mass is 10.1. The number of rotatable bonds is 3. The van der Waals surface area contributed by atoms with Crippen LogP contribution >= 0.6 is 0 Å². The Hall–Kier alpha value is -3.48. The van der Waals surface area contributed by atoms with Gasteiger partial charge < -0.3 is 4.90 Å². The normalized spacial score (nSPS) is 14.8. The fourth-order valence-corrected chi connectivity index (χ4v) is 3.50. The minimum Gasteiger partial charge on any atom is -0.307 e. The van der Waals surface area contributed by atoms with Gasteiger partial charge in [0.15, 0.2) is 5.69 Å². The van der Waals surface area contributed by atoms with Gasteiger partial charge in [-0.25, -0.2) is 14.1 Å². The highest BCUT2D eigenvalue weighted by atomic mass is 19.1. The largest absolute Gasteiger partial charge is 0.307 e. The first kappa shape index (κ1) is 17.9. The molecular formula is C21H19FN4O2. The van der Waals surface area contributed by atoms with Crippen LogP contribution < -0.4 is 10.5 Å². The van der Waals surface area contributed by atoms with E-state index >= 15 is 0 Å². The van der Waals surface area contributed by atoms with Gasteiger partial charge in [-0.1, -0.05) is 18.2 Å². The SMILES string of the molecule is CCN1C(=O)C(=Nc2c(C)n(C)n(-c3ccccc3)c2=O)c2cc(F)ccc21. The van der Waals surface area contributed by atoms with Gasteiger partial charge in [-0.15, -0.1) is 0 Å². The van der Waals surface area contributed by atoms with Gasteiger partial charge >= 0.3 is 0 Å². The summed E-state index contributed by atoms with van der Waals surface area (Å²) in [5.41, 5.74) is 2.24. The highest BCUT2D eigenvalue weighted by Crippen LogP contribution is 2.31. The van der Waals surface area contributed by atoms with Crippen molar-refractivity contribution < 1.29 is 9.18 Å². The van der Waals surface area contributed by atoms with Crippen LogP contribution in [0, 0.1) is 12.7 Å². The van der Waals surface area contributed by atoms with E-state index in [1.165, 1.54) is 21.7 Å². The number of aromatic nitrogens is 2. The molecule has 2 aromatic carbocycles. The lowest BCUT2D eigenvalue weighted by Crippen LogP contribution is -2.29. The molecule has 6 nitrogen and oxygen atoms in total. The van der Waals surface area contributed by atoms with E-state index in [9.17, 15) is 14.0 Å². The summed E-state index contributed by atoms with van der Waals surface area (Å²) in [6.45, 7) is 4.03. The van der Waals surface area contributed by atoms with Crippen molar-refractivity contribution in [1.29, 1.82) is 0 Å². The molecule has 28 heavy (non-hydrogen) atoms. The fraction of sp³-hybridized carbons (Fsp3) is 0.190. The average Bonchev–Trinajstić information content (AvgIpc) is 3.07. The standard InChI is InChI=1S/C21H19FN4O2/c1-4-25-17-11-10-14(22)12-16(17)19(20(25)27)23-18-13(2)24(3)26(21(18)28)15-8-6-5-7-9-15/h5-12H,4H2,1-3H3. The Bertz CT molecular complexity index is 1180. The van der Waals surface area contributed by atoms with Crippen molar-refractivity contribution >= 4 is 23.0 Å². The van der Waals surface area contributed by atoms with Gasteiger partial charge in [-0.2, -0.15) is 0 Å². The van der Waals surface area contributed by atoms with Crippen LogP contribution in [-0.2, 0) is 11.8 Å². The molecule has 0 saturated carbocycles. The van der Waals surface area contributed by atoms with Crippen LogP contribution in [0.3, 0.4) is 0 Å². The van der Waals surface area contributed by atoms with Gasteiger partial charge in [0.05, 0.1) is 17.1 Å². The van der Waals surface area contributed by atoms with E-state index < -0.39 is 5.82 Å². The number of aliphatic imine (C=N–C) groups is 1. The van der Waals surface area contributed by atoms with Crippen molar-refractivity contribution in [2.75, 3.05) is 11.4 Å². The Morgan fingerprint density at radius 1 is 1.07 bits per heavy atom. The smallest absolute Gasteiger partial charge is 0.297 e. The molecule has 7 heteroatoms. The van der Waals surface area contributed by atoms with Crippen LogP contribution in [0.2, 0.25) is 0 Å². The molecule has 0 saturated heterocycles. The fourth-order valence-electron chi connectivity index (χ4n) is 3.50. The van der Waals surface area contributed by atoms with Crippen molar-refractivity contribution in [3.05, 3.63) is 76.0 Å². The van der Waals surface area contributed by atoms with Gasteiger partial charge in [0, 0.05) is 19.2 Å². The monoisotopic (exact) mass is 378 g/mol. The Morgan fingerprint density at radius 2 is 1.79 bits per heavy atom. The lowest BCUT2D eigenvalue weighted by Gasteiger charge is -2.13. The lowest BCUT2D eigenvalue weighted by molar-refractivity contribution is -0.112. The van der Waals surface area contributed by atoms with Crippen LogP contribution in [0.4, 0.5) is 15.8 Å². The molecule has 2 heterocycles. The summed E-state index contributed by atoms with van der Waals surface area (Å²) in [6, 6.07) is 13.4. The number of nitrogens with zero attached hydrogens (tertiary/aromatic N) is 4. The molecule has 0 radical (unpaired) electrons. The summed E-state index contributed by atoms with van der Waals surface area (Å²) in [4.78, 5) is 31.9. The maximum Gasteiger partial charge on any atom is 0.297 e. The number of amides is 1. The molecule has 1 aliphatic heterocycles. The van der Waals surface area contributed by atoms with E-state index in [0.717, 1.165) is 0 Å². The molecule has 0 bridgehead atoms. The number of hydrogen-bond donors (Lipinski definition) is 0. The molecule has 3 aromatic rings. The molecule has 142 valence electrons. The number of anilines is 1. The van der Waals surface area contributed by atoms with Crippen molar-refractivity contribution in [2.24, 2.45) is 12.0 Å². The third-order valence-electron chi connectivity index (χ3n) is 5.02. The predicted molar refractivity (Wildman–Crippen MR) is 106 cm³/mol. The third-order valence-corrected chi connectivity index (χ3v) is 5.02. The minimum atomic E-state index is -0.455. The first-order valence-corrected chi connectivity index (χ1v) is 8.98. The van der Waals surface area contributed by atoms with Crippen molar-refractivity contribution in [1.82, 2.24) is 9.36 Å². The summed E-state index contributed by atoms with van der Waals surface area (Å²) in [5, 5.41) is 0. The number of hydrogen-bond acceptors (Lipinski definition) is 3. The van der Waals surface area contributed by atoms with Gasteiger partial charge in [0.1, 0.15) is 11.5 Å². The van der Waals surface area contributed by atoms with Crippen LogP contribution in [0.15, 0.2) is 58.3 Å². The molecular weight excluding hydrogens is 359 g/mol. The number of para-hydroxylation sites is 1. The molecule has 0 fully saturated rings. The number of likely N-dealkylation sites (N-methyl/N-ethyl adjacent to an activating group) is 1. The van der Waals surface area contributed by atoms with Crippen molar-refractivity contribution in [3.63, 3.8) is 0 Å². The Balaban J connectivity index is 1.93. The number of fused-ring (bicyclic) bond motifs is 1. The van der Waals surface area contributed by atoms with Crippen LogP contribution in [0.1, 0.15) is 18.2 Å². The molecule has 0 aliphatic carbocycles. The van der Waals surface area contributed by atoms with Crippen LogP contribution in [0.25, 0.3) is 5.69 Å². The quantitative estimate of drug-likeness (QED) is 0.703. The maximum atomic E-state index is 13.8. The number of carbonyl (C=O) groups excluding carboxylic acids is 1. The van der Waals surface area contributed by atoms with Crippen LogP contribution in [-0.4, -0.2) is 27.5 Å². The van der Waals surface area contributed by atoms with Crippen molar-refractivity contribution in [3.8, 4) is 5.69 Å². The first-order chi connectivity index (χ1) is 13.4. The summed E-state index contributed by atoms with van der Waals surface area (Å²) in [5.74, 6) is -0.791. The van der Waals surface area contributed by atoms with Crippen molar-refractivity contribution in [2.45, 2.75) is 13.8 Å². The Morgan fingerprint density at radius 3 is 2.46 bits per heavy atom. The zero-order valence-corrected chi connectivity index (χ0v) is 15.8. The molecule has 1 aliphatic rings. The van der Waals surface area contributed by atoms with E-state index in [1.807, 2.05) is 37.3 Å². The summed E-state index contributed by atoms with van der Waals surface area (Å²) in [7, 11) is 1.76. The predicted octanol–water partition coefficient (Wildman–Crippen LogP) is 3.11. The highest BCUT2D eigenvalue weighted by Gasteiger charge is 2.34.